The molecule has 0 saturated heterocycles. The number of rotatable bonds is 8. The van der Waals surface area contributed by atoms with Gasteiger partial charge in [0, 0.05) is 18.7 Å². The van der Waals surface area contributed by atoms with Crippen molar-refractivity contribution < 1.29 is 13.2 Å². The number of nitrogens with one attached hydrogen (secondary N) is 2. The van der Waals surface area contributed by atoms with Crippen molar-refractivity contribution in [3.63, 3.8) is 0 Å². The number of benzene rings is 2. The molecule has 0 aromatic heterocycles. The van der Waals surface area contributed by atoms with Crippen molar-refractivity contribution in [2.45, 2.75) is 24.8 Å². The Hall–Kier alpha value is -1.85. The molecule has 4 N–H and O–H groups in total. The van der Waals surface area contributed by atoms with Gasteiger partial charge in [-0.25, -0.2) is 18.5 Å². The molecule has 0 amide bonds. The summed E-state index contributed by atoms with van der Waals surface area (Å²) in [6.07, 6.45) is 0.726. The largest absolute Gasteiger partial charge is 0.496 e. The number of hydrogen-bond acceptors (Lipinski definition) is 4. The Morgan fingerprint density at radius 1 is 1.11 bits per heavy atom. The molecule has 0 unspecified atom stereocenters. The van der Waals surface area contributed by atoms with Crippen LogP contribution in [-0.4, -0.2) is 34.6 Å². The number of halogens is 1. The van der Waals surface area contributed by atoms with Gasteiger partial charge in [-0.3, -0.25) is 0 Å². The standard InChI is InChI=1S/C19H26N4O3S.HI/c1-3-21-19(23-14-16-6-4-5-7-18(16)26-2)22-13-12-15-8-10-17(11-9-15)27(20,24)25;/h4-11H,3,12-14H2,1-2H3,(H2,20,24,25)(H2,21,22,23);1H. The van der Waals surface area contributed by atoms with Gasteiger partial charge >= 0.3 is 0 Å². The normalized spacial score (nSPS) is 11.5. The second kappa shape index (κ2) is 11.9. The van der Waals surface area contributed by atoms with Crippen LogP contribution in [0.4, 0.5) is 0 Å². The van der Waals surface area contributed by atoms with E-state index in [4.69, 9.17) is 9.88 Å². The molecule has 154 valence electrons. The van der Waals surface area contributed by atoms with Gasteiger partial charge in [-0.2, -0.15) is 0 Å². The van der Waals surface area contributed by atoms with Crippen LogP contribution < -0.4 is 20.5 Å². The monoisotopic (exact) mass is 518 g/mol. The Morgan fingerprint density at radius 2 is 1.79 bits per heavy atom. The van der Waals surface area contributed by atoms with Crippen molar-refractivity contribution in [1.82, 2.24) is 10.6 Å². The molecule has 2 rings (SSSR count). The number of para-hydroxylation sites is 1. The number of nitrogens with two attached hydrogens (primary N) is 1. The van der Waals surface area contributed by atoms with Crippen LogP contribution in [-0.2, 0) is 23.0 Å². The van der Waals surface area contributed by atoms with Gasteiger partial charge in [-0.15, -0.1) is 24.0 Å². The fourth-order valence-corrected chi connectivity index (χ4v) is 3.03. The molecule has 0 heterocycles. The molecule has 2 aromatic rings. The van der Waals surface area contributed by atoms with Gasteiger partial charge in [0.25, 0.3) is 0 Å². The molecular formula is C19H27IN4O3S. The number of sulfonamides is 1. The van der Waals surface area contributed by atoms with Gasteiger partial charge in [0.05, 0.1) is 18.6 Å². The van der Waals surface area contributed by atoms with Crippen LogP contribution in [0.2, 0.25) is 0 Å². The molecule has 0 fully saturated rings. The average Bonchev–Trinajstić information content (AvgIpc) is 2.66. The van der Waals surface area contributed by atoms with Crippen LogP contribution in [0.25, 0.3) is 0 Å². The number of aliphatic imine (C=N–C) groups is 1. The zero-order valence-electron chi connectivity index (χ0n) is 16.0. The molecule has 0 aliphatic heterocycles. The SMILES string of the molecule is CCNC(=NCc1ccccc1OC)NCCc1ccc(S(N)(=O)=O)cc1.I. The van der Waals surface area contributed by atoms with E-state index in [9.17, 15) is 8.42 Å². The minimum absolute atomic E-state index is 0. The van der Waals surface area contributed by atoms with Gasteiger partial charge in [0.2, 0.25) is 10.0 Å². The number of methoxy groups -OCH3 is 1. The summed E-state index contributed by atoms with van der Waals surface area (Å²) >= 11 is 0. The molecule has 7 nitrogen and oxygen atoms in total. The van der Waals surface area contributed by atoms with Crippen LogP contribution in [0.3, 0.4) is 0 Å². The van der Waals surface area contributed by atoms with E-state index >= 15 is 0 Å². The summed E-state index contributed by atoms with van der Waals surface area (Å²) in [6, 6.07) is 14.4. The highest BCUT2D eigenvalue weighted by molar-refractivity contribution is 14.0. The van der Waals surface area contributed by atoms with E-state index in [1.165, 1.54) is 12.1 Å². The second-order valence-corrected chi connectivity index (χ2v) is 7.43. The first-order chi connectivity index (χ1) is 12.9. The van der Waals surface area contributed by atoms with Crippen molar-refractivity contribution in [3.8, 4) is 5.75 Å². The van der Waals surface area contributed by atoms with Crippen LogP contribution in [0.1, 0.15) is 18.1 Å². The molecule has 0 saturated carbocycles. The predicted molar refractivity (Wildman–Crippen MR) is 123 cm³/mol. The van der Waals surface area contributed by atoms with Gasteiger partial charge in [0.15, 0.2) is 5.96 Å². The second-order valence-electron chi connectivity index (χ2n) is 5.87. The molecule has 9 heteroatoms. The van der Waals surface area contributed by atoms with Gasteiger partial charge in [0.1, 0.15) is 5.75 Å². The lowest BCUT2D eigenvalue weighted by atomic mass is 10.1. The summed E-state index contributed by atoms with van der Waals surface area (Å²) in [5, 5.41) is 11.6. The Bertz CT molecular complexity index is 871. The van der Waals surface area contributed by atoms with Crippen molar-refractivity contribution in [1.29, 1.82) is 0 Å². The highest BCUT2D eigenvalue weighted by Gasteiger charge is 2.07. The van der Waals surface area contributed by atoms with E-state index in [1.807, 2.05) is 31.2 Å². The summed E-state index contributed by atoms with van der Waals surface area (Å²) in [7, 11) is -2.01. The summed E-state index contributed by atoms with van der Waals surface area (Å²) in [5.74, 6) is 1.52. The highest BCUT2D eigenvalue weighted by Crippen LogP contribution is 2.17. The summed E-state index contributed by atoms with van der Waals surface area (Å²) < 4.78 is 27.9. The number of primary sulfonamides is 1. The number of guanidine groups is 1. The number of hydrogen-bond donors (Lipinski definition) is 3. The van der Waals surface area contributed by atoms with Gasteiger partial charge in [-0.1, -0.05) is 30.3 Å². The van der Waals surface area contributed by atoms with E-state index in [0.29, 0.717) is 19.0 Å². The predicted octanol–water partition coefficient (Wildman–Crippen LogP) is 2.26. The minimum atomic E-state index is -3.66. The van der Waals surface area contributed by atoms with E-state index in [1.54, 1.807) is 19.2 Å². The lowest BCUT2D eigenvalue weighted by molar-refractivity contribution is 0.410. The zero-order valence-corrected chi connectivity index (χ0v) is 19.2. The number of ether oxygens (including phenoxy) is 1. The van der Waals surface area contributed by atoms with Gasteiger partial charge < -0.3 is 15.4 Å². The minimum Gasteiger partial charge on any atom is -0.496 e. The third kappa shape index (κ3) is 7.64. The van der Waals surface area contributed by atoms with Gasteiger partial charge in [-0.05, 0) is 37.1 Å². The van der Waals surface area contributed by atoms with E-state index in [2.05, 4.69) is 15.6 Å². The molecular weight excluding hydrogens is 491 g/mol. The third-order valence-corrected chi connectivity index (χ3v) is 4.83. The molecule has 0 radical (unpaired) electrons. The zero-order chi connectivity index (χ0) is 19.7. The van der Waals surface area contributed by atoms with E-state index in [-0.39, 0.29) is 28.9 Å². The summed E-state index contributed by atoms with van der Waals surface area (Å²) in [5.41, 5.74) is 2.02. The lowest BCUT2D eigenvalue weighted by Gasteiger charge is -2.12. The van der Waals surface area contributed by atoms with Crippen molar-refractivity contribution in [2.75, 3.05) is 20.2 Å². The molecule has 0 aliphatic rings. The first-order valence-electron chi connectivity index (χ1n) is 8.70. The fraction of sp³-hybridized carbons (Fsp3) is 0.316. The first kappa shape index (κ1) is 24.2. The maximum absolute atomic E-state index is 11.3. The maximum Gasteiger partial charge on any atom is 0.238 e. The first-order valence-corrected chi connectivity index (χ1v) is 10.2. The molecule has 0 spiro atoms. The Kier molecular flexibility index (Phi) is 10.3. The maximum atomic E-state index is 11.3. The molecule has 2 aromatic carbocycles. The van der Waals surface area contributed by atoms with E-state index in [0.717, 1.165) is 29.8 Å². The Morgan fingerprint density at radius 3 is 2.39 bits per heavy atom. The van der Waals surface area contributed by atoms with Crippen LogP contribution in [0.5, 0.6) is 5.75 Å². The quantitative estimate of drug-likeness (QED) is 0.283. The topological polar surface area (TPSA) is 106 Å². The lowest BCUT2D eigenvalue weighted by Crippen LogP contribution is -2.38. The smallest absolute Gasteiger partial charge is 0.238 e. The fourth-order valence-electron chi connectivity index (χ4n) is 2.51. The van der Waals surface area contributed by atoms with Crippen molar-refractivity contribution in [3.05, 3.63) is 59.7 Å². The third-order valence-electron chi connectivity index (χ3n) is 3.90. The van der Waals surface area contributed by atoms with Crippen LogP contribution in [0, 0.1) is 0 Å². The van der Waals surface area contributed by atoms with Crippen molar-refractivity contribution >= 4 is 40.0 Å². The molecule has 0 atom stereocenters. The molecule has 0 bridgehead atoms. The van der Waals surface area contributed by atoms with Crippen LogP contribution in [0.15, 0.2) is 58.4 Å². The Labute approximate surface area is 183 Å². The molecule has 0 aliphatic carbocycles. The van der Waals surface area contributed by atoms with Crippen LogP contribution >= 0.6 is 24.0 Å². The number of nitrogens with zero attached hydrogens (tertiary/aromatic N) is 1. The Balaban J connectivity index is 0.00000392. The van der Waals surface area contributed by atoms with E-state index < -0.39 is 10.0 Å². The summed E-state index contributed by atoms with van der Waals surface area (Å²) in [6.45, 7) is 3.92. The summed E-state index contributed by atoms with van der Waals surface area (Å²) in [4.78, 5) is 4.71. The molecule has 28 heavy (non-hydrogen) atoms. The average molecular weight is 518 g/mol. The van der Waals surface area contributed by atoms with Crippen molar-refractivity contribution in [2.24, 2.45) is 10.1 Å². The highest BCUT2D eigenvalue weighted by atomic mass is 127.